The van der Waals surface area contributed by atoms with Gasteiger partial charge in [-0.25, -0.2) is 4.79 Å². The van der Waals surface area contributed by atoms with Gasteiger partial charge in [0.05, 0.1) is 12.2 Å². The van der Waals surface area contributed by atoms with Crippen LogP contribution < -0.4 is 5.32 Å². The summed E-state index contributed by atoms with van der Waals surface area (Å²) in [5.41, 5.74) is 1.02. The van der Waals surface area contributed by atoms with Gasteiger partial charge in [0.25, 0.3) is 5.91 Å². The van der Waals surface area contributed by atoms with Gasteiger partial charge < -0.3 is 15.0 Å². The van der Waals surface area contributed by atoms with Gasteiger partial charge in [-0.3, -0.25) is 4.79 Å². The molecule has 1 aromatic carbocycles. The average Bonchev–Trinajstić information content (AvgIpc) is 2.67. The van der Waals surface area contributed by atoms with Gasteiger partial charge in [0.2, 0.25) is 0 Å². The number of benzene rings is 1. The SMILES string of the molecule is CCOC(=O)c1ccc(NC(=O)/C(C#N)=C\N2CCCCC2CC)cc1. The van der Waals surface area contributed by atoms with Crippen LogP contribution in [0.5, 0.6) is 0 Å². The van der Waals surface area contributed by atoms with Gasteiger partial charge in [-0.1, -0.05) is 6.92 Å². The molecule has 0 spiro atoms. The van der Waals surface area contributed by atoms with Crippen LogP contribution in [0.3, 0.4) is 0 Å². The Kier molecular flexibility index (Phi) is 7.22. The van der Waals surface area contributed by atoms with E-state index in [0.717, 1.165) is 25.8 Å². The van der Waals surface area contributed by atoms with Crippen molar-refractivity contribution in [2.24, 2.45) is 0 Å². The minimum atomic E-state index is -0.447. The molecule has 0 radical (unpaired) electrons. The van der Waals surface area contributed by atoms with E-state index in [1.165, 1.54) is 6.42 Å². The van der Waals surface area contributed by atoms with E-state index in [-0.39, 0.29) is 5.57 Å². The highest BCUT2D eigenvalue weighted by Crippen LogP contribution is 2.21. The number of likely N-dealkylation sites (tertiary alicyclic amines) is 1. The molecule has 0 saturated carbocycles. The van der Waals surface area contributed by atoms with Crippen LogP contribution in [-0.2, 0) is 9.53 Å². The zero-order valence-corrected chi connectivity index (χ0v) is 15.3. The van der Waals surface area contributed by atoms with Crippen molar-refractivity contribution in [3.63, 3.8) is 0 Å². The molecule has 0 aromatic heterocycles. The third-order valence-electron chi connectivity index (χ3n) is 4.46. The normalized spacial score (nSPS) is 17.3. The van der Waals surface area contributed by atoms with Crippen LogP contribution in [0.1, 0.15) is 49.9 Å². The van der Waals surface area contributed by atoms with Crippen LogP contribution in [0.4, 0.5) is 5.69 Å². The van der Waals surface area contributed by atoms with E-state index < -0.39 is 11.9 Å². The molecule has 1 fully saturated rings. The van der Waals surface area contributed by atoms with Crippen LogP contribution in [0.15, 0.2) is 36.0 Å². The molecule has 1 aromatic rings. The van der Waals surface area contributed by atoms with Crippen molar-refractivity contribution in [2.75, 3.05) is 18.5 Å². The van der Waals surface area contributed by atoms with Crippen molar-refractivity contribution < 1.29 is 14.3 Å². The minimum Gasteiger partial charge on any atom is -0.462 e. The number of amides is 1. The number of nitrogens with one attached hydrogen (secondary N) is 1. The Morgan fingerprint density at radius 1 is 1.31 bits per heavy atom. The molecule has 0 aliphatic carbocycles. The lowest BCUT2D eigenvalue weighted by Crippen LogP contribution is -2.35. The van der Waals surface area contributed by atoms with Gasteiger partial charge in [0.15, 0.2) is 0 Å². The number of piperidine rings is 1. The Labute approximate surface area is 154 Å². The molecule has 1 amide bonds. The molecular weight excluding hydrogens is 330 g/mol. The van der Waals surface area contributed by atoms with Gasteiger partial charge in [0.1, 0.15) is 11.6 Å². The van der Waals surface area contributed by atoms with Crippen LogP contribution in [0.2, 0.25) is 0 Å². The lowest BCUT2D eigenvalue weighted by atomic mass is 10.0. The lowest BCUT2D eigenvalue weighted by molar-refractivity contribution is -0.112. The van der Waals surface area contributed by atoms with E-state index in [2.05, 4.69) is 17.1 Å². The number of hydrogen-bond donors (Lipinski definition) is 1. The second-order valence-corrected chi connectivity index (χ2v) is 6.20. The first-order valence-corrected chi connectivity index (χ1v) is 9.05. The second-order valence-electron chi connectivity index (χ2n) is 6.20. The molecule has 6 nitrogen and oxygen atoms in total. The van der Waals surface area contributed by atoms with E-state index in [1.54, 1.807) is 37.4 Å². The maximum atomic E-state index is 12.4. The first kappa shape index (κ1) is 19.5. The average molecular weight is 355 g/mol. The van der Waals surface area contributed by atoms with Crippen molar-refractivity contribution in [3.8, 4) is 6.07 Å². The molecule has 1 aliphatic heterocycles. The molecule has 26 heavy (non-hydrogen) atoms. The Hall–Kier alpha value is -2.81. The minimum absolute atomic E-state index is 0.0832. The van der Waals surface area contributed by atoms with Gasteiger partial charge in [0, 0.05) is 24.5 Å². The Morgan fingerprint density at radius 3 is 2.65 bits per heavy atom. The van der Waals surface area contributed by atoms with Gasteiger partial charge in [-0.05, 0) is 56.9 Å². The number of nitrogens with zero attached hydrogens (tertiary/aromatic N) is 2. The summed E-state index contributed by atoms with van der Waals surface area (Å²) in [5, 5.41) is 12.1. The molecule has 6 heteroatoms. The number of nitriles is 1. The molecule has 1 N–H and O–H groups in total. The monoisotopic (exact) mass is 355 g/mol. The number of esters is 1. The van der Waals surface area contributed by atoms with Gasteiger partial charge in [-0.15, -0.1) is 0 Å². The summed E-state index contributed by atoms with van der Waals surface area (Å²) < 4.78 is 4.93. The molecule has 1 atom stereocenters. The lowest BCUT2D eigenvalue weighted by Gasteiger charge is -2.34. The number of hydrogen-bond acceptors (Lipinski definition) is 5. The van der Waals surface area contributed by atoms with E-state index >= 15 is 0 Å². The summed E-state index contributed by atoms with van der Waals surface area (Å²) in [4.78, 5) is 26.2. The summed E-state index contributed by atoms with van der Waals surface area (Å²) in [5.74, 6) is -0.851. The zero-order valence-electron chi connectivity index (χ0n) is 15.3. The fourth-order valence-corrected chi connectivity index (χ4v) is 3.04. The third-order valence-corrected chi connectivity index (χ3v) is 4.46. The summed E-state index contributed by atoms with van der Waals surface area (Å²) in [6.07, 6.45) is 6.01. The number of rotatable bonds is 6. The third kappa shape index (κ3) is 5.09. The van der Waals surface area contributed by atoms with Crippen molar-refractivity contribution in [2.45, 2.75) is 45.6 Å². The van der Waals surface area contributed by atoms with Gasteiger partial charge >= 0.3 is 5.97 Å². The van der Waals surface area contributed by atoms with Gasteiger partial charge in [-0.2, -0.15) is 5.26 Å². The van der Waals surface area contributed by atoms with Crippen molar-refractivity contribution in [1.29, 1.82) is 5.26 Å². The zero-order chi connectivity index (χ0) is 18.9. The quantitative estimate of drug-likeness (QED) is 0.480. The predicted octanol–water partition coefficient (Wildman–Crippen LogP) is 3.47. The molecule has 1 saturated heterocycles. The predicted molar refractivity (Wildman–Crippen MR) is 99.4 cm³/mol. The van der Waals surface area contributed by atoms with Crippen LogP contribution >= 0.6 is 0 Å². The fraction of sp³-hybridized carbons (Fsp3) is 0.450. The summed E-state index contributed by atoms with van der Waals surface area (Å²) in [6, 6.07) is 8.78. The topological polar surface area (TPSA) is 82.4 Å². The number of ether oxygens (including phenoxy) is 1. The summed E-state index contributed by atoms with van der Waals surface area (Å²) in [7, 11) is 0. The highest BCUT2D eigenvalue weighted by atomic mass is 16.5. The first-order valence-electron chi connectivity index (χ1n) is 9.05. The van der Waals surface area contributed by atoms with E-state index in [4.69, 9.17) is 4.74 Å². The number of carbonyl (C=O) groups excluding carboxylic acids is 2. The van der Waals surface area contributed by atoms with Crippen LogP contribution in [-0.4, -0.2) is 36.0 Å². The maximum absolute atomic E-state index is 12.4. The van der Waals surface area contributed by atoms with Crippen molar-refractivity contribution >= 4 is 17.6 Å². The molecule has 0 bridgehead atoms. The molecule has 1 heterocycles. The Balaban J connectivity index is 2.05. The molecule has 2 rings (SSSR count). The number of anilines is 1. The second kappa shape index (κ2) is 9.62. The number of carbonyl (C=O) groups is 2. The van der Waals surface area contributed by atoms with E-state index in [0.29, 0.717) is 23.9 Å². The van der Waals surface area contributed by atoms with Crippen LogP contribution in [0.25, 0.3) is 0 Å². The van der Waals surface area contributed by atoms with Crippen molar-refractivity contribution in [3.05, 3.63) is 41.6 Å². The Morgan fingerprint density at radius 2 is 2.04 bits per heavy atom. The largest absolute Gasteiger partial charge is 0.462 e. The molecular formula is C20H25N3O3. The van der Waals surface area contributed by atoms with Crippen LogP contribution in [0, 0.1) is 11.3 Å². The summed E-state index contributed by atoms with van der Waals surface area (Å²) >= 11 is 0. The van der Waals surface area contributed by atoms with Crippen molar-refractivity contribution in [1.82, 2.24) is 4.90 Å². The first-order chi connectivity index (χ1) is 12.6. The molecule has 1 unspecified atom stereocenters. The smallest absolute Gasteiger partial charge is 0.338 e. The van der Waals surface area contributed by atoms with E-state index in [9.17, 15) is 14.9 Å². The highest BCUT2D eigenvalue weighted by molar-refractivity contribution is 6.06. The summed E-state index contributed by atoms with van der Waals surface area (Å²) in [6.45, 7) is 5.04. The molecule has 138 valence electrons. The highest BCUT2D eigenvalue weighted by Gasteiger charge is 2.20. The standard InChI is InChI=1S/C20H25N3O3/c1-3-18-7-5-6-12-23(18)14-16(13-21)19(24)22-17-10-8-15(9-11-17)20(25)26-4-2/h8-11,14,18H,3-7,12H2,1-2H3,(H,22,24)/b16-14-. The van der Waals surface area contributed by atoms with E-state index in [1.807, 2.05) is 6.07 Å². The Bertz CT molecular complexity index is 704. The maximum Gasteiger partial charge on any atom is 0.338 e. The fourth-order valence-electron chi connectivity index (χ4n) is 3.04. The molecule has 1 aliphatic rings.